The first-order chi connectivity index (χ1) is 7.27. The largest absolute Gasteiger partial charge is 0.465 e. The van der Waals surface area contributed by atoms with E-state index in [0.29, 0.717) is 18.5 Å². The molecule has 0 spiro atoms. The summed E-state index contributed by atoms with van der Waals surface area (Å²) in [5, 5.41) is 0. The van der Waals surface area contributed by atoms with E-state index in [2.05, 4.69) is 9.73 Å². The van der Waals surface area contributed by atoms with Gasteiger partial charge in [0, 0.05) is 0 Å². The average Bonchev–Trinajstić information content (AvgIpc) is 2.29. The zero-order valence-corrected chi connectivity index (χ0v) is 8.40. The number of methoxy groups -OCH3 is 1. The normalized spacial score (nSPS) is 9.13. The highest BCUT2D eigenvalue weighted by Gasteiger charge is 2.03. The first kappa shape index (κ1) is 11.1. The number of aliphatic imine (C=N–C) groups is 1. The number of hydrogen-bond donors (Lipinski definition) is 0. The van der Waals surface area contributed by atoms with E-state index in [4.69, 9.17) is 0 Å². The van der Waals surface area contributed by atoms with Crippen molar-refractivity contribution in [3.05, 3.63) is 35.4 Å². The van der Waals surface area contributed by atoms with E-state index in [1.54, 1.807) is 12.1 Å². The van der Waals surface area contributed by atoms with Crippen LogP contribution in [0.15, 0.2) is 29.3 Å². The molecule has 0 aliphatic heterocycles. The highest BCUT2D eigenvalue weighted by Crippen LogP contribution is 2.06. The maximum absolute atomic E-state index is 11.1. The van der Waals surface area contributed by atoms with Crippen molar-refractivity contribution >= 4 is 12.0 Å². The molecule has 15 heavy (non-hydrogen) atoms. The number of hydrogen-bond acceptors (Lipinski definition) is 4. The lowest BCUT2D eigenvalue weighted by molar-refractivity contribution is 0.0600. The van der Waals surface area contributed by atoms with Crippen LogP contribution in [0.5, 0.6) is 0 Å². The Morgan fingerprint density at radius 2 is 2.07 bits per heavy atom. The van der Waals surface area contributed by atoms with Gasteiger partial charge in [0.05, 0.1) is 19.2 Å². The fourth-order valence-electron chi connectivity index (χ4n) is 1.16. The number of carbonyl (C=O) groups excluding carboxylic acids is 2. The highest BCUT2D eigenvalue weighted by atomic mass is 16.5. The number of nitrogens with zero attached hydrogens (tertiary/aromatic N) is 1. The van der Waals surface area contributed by atoms with Gasteiger partial charge in [0.1, 0.15) is 0 Å². The monoisotopic (exact) mass is 205 g/mol. The molecule has 0 radical (unpaired) electrons. The van der Waals surface area contributed by atoms with Gasteiger partial charge in [-0.2, -0.15) is 0 Å². The summed E-state index contributed by atoms with van der Waals surface area (Å²) in [6.45, 7) is 0.418. The second-order valence-corrected chi connectivity index (χ2v) is 2.91. The number of rotatable bonds is 4. The molecule has 0 saturated carbocycles. The van der Waals surface area contributed by atoms with E-state index < -0.39 is 0 Å². The second-order valence-electron chi connectivity index (χ2n) is 2.91. The van der Waals surface area contributed by atoms with Crippen LogP contribution in [0.4, 0.5) is 0 Å². The summed E-state index contributed by atoms with van der Waals surface area (Å²) < 4.78 is 4.57. The zero-order valence-electron chi connectivity index (χ0n) is 8.40. The molecule has 0 N–H and O–H groups in total. The Morgan fingerprint density at radius 1 is 1.40 bits per heavy atom. The SMILES string of the molecule is COC(=O)c1ccc(CCN=C=O)cc1. The lowest BCUT2D eigenvalue weighted by Crippen LogP contribution is -2.01. The van der Waals surface area contributed by atoms with E-state index in [1.165, 1.54) is 13.2 Å². The van der Waals surface area contributed by atoms with E-state index in [-0.39, 0.29) is 5.97 Å². The molecule has 0 bridgehead atoms. The van der Waals surface area contributed by atoms with Crippen LogP contribution in [-0.2, 0) is 16.0 Å². The Bertz CT molecular complexity index is 377. The van der Waals surface area contributed by atoms with Crippen LogP contribution in [0.2, 0.25) is 0 Å². The van der Waals surface area contributed by atoms with Crippen molar-refractivity contribution in [3.8, 4) is 0 Å². The molecule has 4 nitrogen and oxygen atoms in total. The van der Waals surface area contributed by atoms with Crippen molar-refractivity contribution in [2.45, 2.75) is 6.42 Å². The smallest absolute Gasteiger partial charge is 0.337 e. The molecule has 1 aromatic rings. The Balaban J connectivity index is 2.63. The molecule has 0 heterocycles. The second kappa shape index (κ2) is 5.73. The molecule has 0 saturated heterocycles. The van der Waals surface area contributed by atoms with E-state index in [9.17, 15) is 9.59 Å². The molecule has 78 valence electrons. The molecule has 0 amide bonds. The maximum Gasteiger partial charge on any atom is 0.337 e. The van der Waals surface area contributed by atoms with Crippen LogP contribution in [0.3, 0.4) is 0 Å². The van der Waals surface area contributed by atoms with E-state index in [0.717, 1.165) is 5.56 Å². The van der Waals surface area contributed by atoms with Crippen LogP contribution in [-0.4, -0.2) is 25.7 Å². The zero-order chi connectivity index (χ0) is 11.1. The van der Waals surface area contributed by atoms with Gasteiger partial charge < -0.3 is 4.74 Å². The maximum atomic E-state index is 11.1. The van der Waals surface area contributed by atoms with Crippen LogP contribution in [0.25, 0.3) is 0 Å². The Kier molecular flexibility index (Phi) is 4.26. The van der Waals surface area contributed by atoms with E-state index in [1.807, 2.05) is 12.1 Å². The number of isocyanates is 1. The van der Waals surface area contributed by atoms with Gasteiger partial charge in [-0.05, 0) is 24.1 Å². The van der Waals surface area contributed by atoms with Gasteiger partial charge in [0.2, 0.25) is 6.08 Å². The lowest BCUT2D eigenvalue weighted by atomic mass is 10.1. The van der Waals surface area contributed by atoms with Crippen molar-refractivity contribution in [3.63, 3.8) is 0 Å². The van der Waals surface area contributed by atoms with Crippen molar-refractivity contribution < 1.29 is 14.3 Å². The third-order valence-electron chi connectivity index (χ3n) is 1.95. The number of ether oxygens (including phenoxy) is 1. The number of benzene rings is 1. The van der Waals surface area contributed by atoms with Gasteiger partial charge in [0.15, 0.2) is 0 Å². The quantitative estimate of drug-likeness (QED) is 0.423. The topological polar surface area (TPSA) is 55.7 Å². The predicted octanol–water partition coefficient (Wildman–Crippen LogP) is 1.35. The molecule has 1 rings (SSSR count). The number of esters is 1. The van der Waals surface area contributed by atoms with Crippen molar-refractivity contribution in [2.24, 2.45) is 4.99 Å². The Labute approximate surface area is 87.6 Å². The fraction of sp³-hybridized carbons (Fsp3) is 0.273. The third-order valence-corrected chi connectivity index (χ3v) is 1.95. The van der Waals surface area contributed by atoms with Crippen molar-refractivity contribution in [2.75, 3.05) is 13.7 Å². The van der Waals surface area contributed by atoms with Crippen LogP contribution < -0.4 is 0 Å². The van der Waals surface area contributed by atoms with Gasteiger partial charge in [-0.1, -0.05) is 12.1 Å². The summed E-state index contributed by atoms with van der Waals surface area (Å²) in [7, 11) is 1.34. The van der Waals surface area contributed by atoms with Crippen LogP contribution in [0, 0.1) is 0 Å². The third kappa shape index (κ3) is 3.37. The summed E-state index contributed by atoms with van der Waals surface area (Å²) >= 11 is 0. The summed E-state index contributed by atoms with van der Waals surface area (Å²) in [4.78, 5) is 24.4. The molecule has 4 heteroatoms. The van der Waals surface area contributed by atoms with Gasteiger partial charge in [-0.15, -0.1) is 0 Å². The van der Waals surface area contributed by atoms with Crippen LogP contribution >= 0.6 is 0 Å². The van der Waals surface area contributed by atoms with Gasteiger partial charge in [-0.25, -0.2) is 14.6 Å². The first-order valence-electron chi connectivity index (χ1n) is 4.49. The van der Waals surface area contributed by atoms with Gasteiger partial charge in [0.25, 0.3) is 0 Å². The van der Waals surface area contributed by atoms with Crippen molar-refractivity contribution in [1.82, 2.24) is 0 Å². The molecule has 0 unspecified atom stereocenters. The van der Waals surface area contributed by atoms with Crippen LogP contribution in [0.1, 0.15) is 15.9 Å². The summed E-state index contributed by atoms with van der Waals surface area (Å²) in [5.74, 6) is -0.354. The Morgan fingerprint density at radius 3 is 2.60 bits per heavy atom. The molecule has 0 fully saturated rings. The van der Waals surface area contributed by atoms with Crippen molar-refractivity contribution in [1.29, 1.82) is 0 Å². The first-order valence-corrected chi connectivity index (χ1v) is 4.49. The molecule has 0 atom stereocenters. The molecule has 0 aliphatic carbocycles. The average molecular weight is 205 g/mol. The highest BCUT2D eigenvalue weighted by molar-refractivity contribution is 5.89. The molecular weight excluding hydrogens is 194 g/mol. The molecule has 0 aromatic heterocycles. The minimum Gasteiger partial charge on any atom is -0.465 e. The summed E-state index contributed by atoms with van der Waals surface area (Å²) in [6, 6.07) is 7.00. The lowest BCUT2D eigenvalue weighted by Gasteiger charge is -2.00. The minimum atomic E-state index is -0.354. The molecule has 1 aromatic carbocycles. The standard InChI is InChI=1S/C11H11NO3/c1-15-11(14)10-4-2-9(3-5-10)6-7-12-8-13/h2-5H,6-7H2,1H3. The Hall–Kier alpha value is -1.93. The molecular formula is C11H11NO3. The molecule has 0 aliphatic rings. The van der Waals surface area contributed by atoms with Gasteiger partial charge >= 0.3 is 5.97 Å². The summed E-state index contributed by atoms with van der Waals surface area (Å²) in [6.07, 6.45) is 2.14. The minimum absolute atomic E-state index is 0.354. The summed E-state index contributed by atoms with van der Waals surface area (Å²) in [5.41, 5.74) is 1.53. The van der Waals surface area contributed by atoms with Gasteiger partial charge in [-0.3, -0.25) is 0 Å². The van der Waals surface area contributed by atoms with E-state index >= 15 is 0 Å². The predicted molar refractivity (Wildman–Crippen MR) is 54.5 cm³/mol. The fourth-order valence-corrected chi connectivity index (χ4v) is 1.16. The number of carbonyl (C=O) groups is 1.